The largest absolute Gasteiger partial charge is 0.433 e. The summed E-state index contributed by atoms with van der Waals surface area (Å²) in [7, 11) is 2.00. The third-order valence-electron chi connectivity index (χ3n) is 6.24. The Labute approximate surface area is 177 Å². The molecule has 5 rings (SSSR count). The van der Waals surface area contributed by atoms with Gasteiger partial charge < -0.3 is 10.2 Å². The second-order valence-corrected chi connectivity index (χ2v) is 8.23. The van der Waals surface area contributed by atoms with Crippen LogP contribution in [0.15, 0.2) is 36.7 Å². The summed E-state index contributed by atoms with van der Waals surface area (Å²) in [5.74, 6) is 0.709. The van der Waals surface area contributed by atoms with Crippen molar-refractivity contribution in [3.05, 3.63) is 42.4 Å². The molecule has 3 aromatic heterocycles. The molecule has 3 atom stereocenters. The van der Waals surface area contributed by atoms with Crippen molar-refractivity contribution in [1.29, 1.82) is 0 Å². The lowest BCUT2D eigenvalue weighted by atomic mass is 9.98. The number of nitrogens with zero attached hydrogens (tertiary/aromatic N) is 5. The van der Waals surface area contributed by atoms with Crippen LogP contribution in [-0.2, 0) is 6.18 Å². The molecule has 0 unspecified atom stereocenters. The minimum Gasteiger partial charge on any atom is -0.355 e. The molecule has 10 heteroatoms. The average molecular weight is 429 g/mol. The van der Waals surface area contributed by atoms with E-state index in [9.17, 15) is 13.2 Å². The highest BCUT2D eigenvalue weighted by atomic mass is 19.4. The summed E-state index contributed by atoms with van der Waals surface area (Å²) in [5, 5.41) is 18.3. The SMILES string of the molecule is CN(c1ccc(-c2ccc(-c3cn[nH]c3)c(C(F)(F)F)n2)nn1)[C@@H]1C[C@H]2CC[C@@H](C1)N2. The Balaban J connectivity index is 1.40. The van der Waals surface area contributed by atoms with E-state index in [1.165, 1.54) is 37.4 Å². The van der Waals surface area contributed by atoms with Gasteiger partial charge in [-0.3, -0.25) is 5.10 Å². The van der Waals surface area contributed by atoms with Gasteiger partial charge in [0.25, 0.3) is 0 Å². The highest BCUT2D eigenvalue weighted by molar-refractivity contribution is 5.68. The van der Waals surface area contributed by atoms with Crippen molar-refractivity contribution in [2.75, 3.05) is 11.9 Å². The maximum atomic E-state index is 13.6. The zero-order valence-corrected chi connectivity index (χ0v) is 16.9. The zero-order chi connectivity index (χ0) is 21.6. The molecule has 0 saturated carbocycles. The number of hydrogen-bond acceptors (Lipinski definition) is 6. The number of aromatic nitrogens is 5. The normalized spacial score (nSPS) is 23.2. The van der Waals surface area contributed by atoms with Crippen molar-refractivity contribution in [2.24, 2.45) is 0 Å². The van der Waals surface area contributed by atoms with Crippen LogP contribution in [0.3, 0.4) is 0 Å². The van der Waals surface area contributed by atoms with E-state index in [0.29, 0.717) is 35.2 Å². The molecule has 0 amide bonds. The Bertz CT molecular complexity index is 1040. The van der Waals surface area contributed by atoms with Crippen LogP contribution in [0.4, 0.5) is 19.0 Å². The molecule has 5 heterocycles. The molecule has 162 valence electrons. The zero-order valence-electron chi connectivity index (χ0n) is 16.9. The first-order chi connectivity index (χ1) is 14.9. The van der Waals surface area contributed by atoms with Crippen LogP contribution in [-0.4, -0.2) is 50.6 Å². The number of halogens is 3. The molecule has 2 bridgehead atoms. The molecular formula is C21H22F3N7. The topological polar surface area (TPSA) is 82.6 Å². The molecule has 0 aromatic carbocycles. The molecule has 0 radical (unpaired) electrons. The molecule has 3 aromatic rings. The number of fused-ring (bicyclic) bond motifs is 2. The summed E-state index contributed by atoms with van der Waals surface area (Å²) < 4.78 is 40.9. The Morgan fingerprint density at radius 1 is 1.00 bits per heavy atom. The predicted molar refractivity (Wildman–Crippen MR) is 109 cm³/mol. The lowest BCUT2D eigenvalue weighted by molar-refractivity contribution is -0.140. The van der Waals surface area contributed by atoms with Crippen molar-refractivity contribution in [3.63, 3.8) is 0 Å². The van der Waals surface area contributed by atoms with Crippen molar-refractivity contribution in [3.8, 4) is 22.5 Å². The standard InChI is InChI=1S/C21H22F3N7/c1-31(15-8-13-2-3-14(9-15)27-13)19-7-6-18(29-30-19)17-5-4-16(12-10-25-26-11-12)20(28-17)21(22,23)24/h4-7,10-11,13-15,27H,2-3,8-9H2,1H3,(H,25,26)/t13-,14+,15-. The van der Waals surface area contributed by atoms with E-state index < -0.39 is 11.9 Å². The Hall–Kier alpha value is -3.01. The van der Waals surface area contributed by atoms with Gasteiger partial charge in [-0.1, -0.05) is 0 Å². The van der Waals surface area contributed by atoms with Gasteiger partial charge in [-0.25, -0.2) is 4.98 Å². The third-order valence-corrected chi connectivity index (χ3v) is 6.24. The number of pyridine rings is 1. The van der Waals surface area contributed by atoms with E-state index in [1.807, 2.05) is 7.05 Å². The monoisotopic (exact) mass is 429 g/mol. The van der Waals surface area contributed by atoms with E-state index in [1.54, 1.807) is 12.1 Å². The second-order valence-electron chi connectivity index (χ2n) is 8.23. The Morgan fingerprint density at radius 3 is 2.35 bits per heavy atom. The highest BCUT2D eigenvalue weighted by Gasteiger charge is 2.37. The van der Waals surface area contributed by atoms with E-state index >= 15 is 0 Å². The predicted octanol–water partition coefficient (Wildman–Crippen LogP) is 3.67. The summed E-state index contributed by atoms with van der Waals surface area (Å²) in [4.78, 5) is 6.00. The number of rotatable bonds is 4. The van der Waals surface area contributed by atoms with Crippen LogP contribution in [0.25, 0.3) is 22.5 Å². The molecule has 0 spiro atoms. The fraction of sp³-hybridized carbons (Fsp3) is 0.429. The van der Waals surface area contributed by atoms with E-state index in [0.717, 1.165) is 12.8 Å². The first kappa shape index (κ1) is 19.9. The van der Waals surface area contributed by atoms with Crippen LogP contribution in [0.2, 0.25) is 0 Å². The minimum absolute atomic E-state index is 0.0325. The van der Waals surface area contributed by atoms with Crippen LogP contribution in [0.1, 0.15) is 31.4 Å². The van der Waals surface area contributed by atoms with E-state index in [-0.39, 0.29) is 11.3 Å². The lowest BCUT2D eigenvalue weighted by Gasteiger charge is -2.36. The molecule has 2 N–H and O–H groups in total. The summed E-state index contributed by atoms with van der Waals surface area (Å²) in [6.45, 7) is 0. The van der Waals surface area contributed by atoms with Gasteiger partial charge in [0.15, 0.2) is 11.5 Å². The van der Waals surface area contributed by atoms with Crippen molar-refractivity contribution >= 4 is 5.82 Å². The molecule has 2 aliphatic heterocycles. The van der Waals surface area contributed by atoms with E-state index in [4.69, 9.17) is 0 Å². The summed E-state index contributed by atoms with van der Waals surface area (Å²) in [6, 6.07) is 7.87. The van der Waals surface area contributed by atoms with Crippen LogP contribution >= 0.6 is 0 Å². The van der Waals surface area contributed by atoms with Crippen molar-refractivity contribution in [1.82, 2.24) is 30.7 Å². The van der Waals surface area contributed by atoms with Gasteiger partial charge in [0.1, 0.15) is 5.69 Å². The fourth-order valence-electron chi connectivity index (χ4n) is 4.63. The van der Waals surface area contributed by atoms with Crippen molar-refractivity contribution in [2.45, 2.75) is 50.0 Å². The molecular weight excluding hydrogens is 407 g/mol. The van der Waals surface area contributed by atoms with Crippen LogP contribution in [0.5, 0.6) is 0 Å². The van der Waals surface area contributed by atoms with Gasteiger partial charge in [0.2, 0.25) is 0 Å². The Morgan fingerprint density at radius 2 is 1.74 bits per heavy atom. The number of piperidine rings is 1. The number of alkyl halides is 3. The molecule has 2 saturated heterocycles. The molecule has 2 fully saturated rings. The first-order valence-electron chi connectivity index (χ1n) is 10.3. The quantitative estimate of drug-likeness (QED) is 0.659. The minimum atomic E-state index is -4.61. The molecule has 7 nitrogen and oxygen atoms in total. The molecule has 0 aliphatic carbocycles. The van der Waals surface area contributed by atoms with Crippen LogP contribution in [0, 0.1) is 0 Å². The van der Waals surface area contributed by atoms with Crippen LogP contribution < -0.4 is 10.2 Å². The summed E-state index contributed by atoms with van der Waals surface area (Å²) in [6.07, 6.45) is 2.67. The number of H-pyrrole nitrogens is 1. The maximum Gasteiger partial charge on any atom is 0.433 e. The molecule has 31 heavy (non-hydrogen) atoms. The highest BCUT2D eigenvalue weighted by Crippen LogP contribution is 2.37. The van der Waals surface area contributed by atoms with Gasteiger partial charge >= 0.3 is 6.18 Å². The lowest BCUT2D eigenvalue weighted by Crippen LogP contribution is -2.47. The van der Waals surface area contributed by atoms with Crippen molar-refractivity contribution < 1.29 is 13.2 Å². The maximum absolute atomic E-state index is 13.6. The smallest absolute Gasteiger partial charge is 0.355 e. The number of nitrogens with one attached hydrogen (secondary N) is 2. The third kappa shape index (κ3) is 3.87. The summed E-state index contributed by atoms with van der Waals surface area (Å²) >= 11 is 0. The first-order valence-corrected chi connectivity index (χ1v) is 10.3. The van der Waals surface area contributed by atoms with Gasteiger partial charge in [-0.15, -0.1) is 10.2 Å². The summed E-state index contributed by atoms with van der Waals surface area (Å²) in [5.41, 5.74) is -0.257. The van der Waals surface area contributed by atoms with Gasteiger partial charge in [-0.2, -0.15) is 18.3 Å². The average Bonchev–Trinajstić information content (AvgIpc) is 3.42. The van der Waals surface area contributed by atoms with Gasteiger partial charge in [-0.05, 0) is 49.9 Å². The number of hydrogen-bond donors (Lipinski definition) is 2. The number of aromatic amines is 1. The Kier molecular flexibility index (Phi) is 4.88. The fourth-order valence-corrected chi connectivity index (χ4v) is 4.63. The van der Waals surface area contributed by atoms with E-state index in [2.05, 4.69) is 35.6 Å². The van der Waals surface area contributed by atoms with Gasteiger partial charge in [0.05, 0.1) is 11.9 Å². The molecule has 2 aliphatic rings. The second kappa shape index (κ2) is 7.60. The van der Waals surface area contributed by atoms with Gasteiger partial charge in [0, 0.05) is 42.5 Å². The number of anilines is 1.